The predicted octanol–water partition coefficient (Wildman–Crippen LogP) is 1.63. The zero-order chi connectivity index (χ0) is 9.97. The van der Waals surface area contributed by atoms with E-state index < -0.39 is 5.97 Å². The molecule has 2 rings (SSSR count). The fraction of sp³-hybridized carbons (Fsp3) is 0.100. The van der Waals surface area contributed by atoms with Gasteiger partial charge in [-0.05, 0) is 18.2 Å². The Bertz CT molecular complexity index is 461. The van der Waals surface area contributed by atoms with Crippen molar-refractivity contribution in [2.75, 3.05) is 6.61 Å². The zero-order valence-corrected chi connectivity index (χ0v) is 7.36. The van der Waals surface area contributed by atoms with E-state index in [4.69, 9.17) is 9.84 Å². The highest BCUT2D eigenvalue weighted by Gasteiger charge is 2.04. The first-order chi connectivity index (χ1) is 6.77. The summed E-state index contributed by atoms with van der Waals surface area (Å²) in [6, 6.07) is 7.32. The number of H-pyrrole nitrogens is 1. The van der Waals surface area contributed by atoms with E-state index in [0.717, 1.165) is 10.9 Å². The molecule has 0 aliphatic heterocycles. The molecule has 0 fully saturated rings. The third-order valence-electron chi connectivity index (χ3n) is 1.91. The highest BCUT2D eigenvalue weighted by Crippen LogP contribution is 2.24. The number of aliphatic carboxylic acids is 1. The van der Waals surface area contributed by atoms with Crippen molar-refractivity contribution in [2.24, 2.45) is 0 Å². The number of rotatable bonds is 3. The van der Waals surface area contributed by atoms with Crippen LogP contribution in [0, 0.1) is 0 Å². The Morgan fingerprint density at radius 3 is 3.07 bits per heavy atom. The number of aromatic nitrogens is 1. The Hall–Kier alpha value is -1.97. The van der Waals surface area contributed by atoms with Crippen LogP contribution >= 0.6 is 0 Å². The number of benzene rings is 1. The van der Waals surface area contributed by atoms with Crippen LogP contribution in [0.25, 0.3) is 10.9 Å². The summed E-state index contributed by atoms with van der Waals surface area (Å²) in [7, 11) is 0. The highest BCUT2D eigenvalue weighted by atomic mass is 16.5. The van der Waals surface area contributed by atoms with Gasteiger partial charge in [-0.15, -0.1) is 0 Å². The molecular weight excluding hydrogens is 182 g/mol. The van der Waals surface area contributed by atoms with E-state index in [9.17, 15) is 4.79 Å². The molecule has 1 aromatic carbocycles. The molecule has 0 spiro atoms. The minimum atomic E-state index is -0.975. The van der Waals surface area contributed by atoms with Crippen molar-refractivity contribution in [3.05, 3.63) is 30.5 Å². The van der Waals surface area contributed by atoms with E-state index in [1.165, 1.54) is 0 Å². The summed E-state index contributed by atoms with van der Waals surface area (Å²) in [5.74, 6) is -0.385. The van der Waals surface area contributed by atoms with E-state index >= 15 is 0 Å². The Morgan fingerprint density at radius 2 is 2.29 bits per heavy atom. The molecule has 1 heterocycles. The molecule has 0 aliphatic rings. The number of carbonyl (C=O) groups is 1. The van der Waals surface area contributed by atoms with E-state index in [0.29, 0.717) is 5.75 Å². The average Bonchev–Trinajstić information content (AvgIpc) is 2.62. The first-order valence-electron chi connectivity index (χ1n) is 4.18. The molecule has 0 bridgehead atoms. The van der Waals surface area contributed by atoms with Gasteiger partial charge in [-0.1, -0.05) is 6.07 Å². The average molecular weight is 191 g/mol. The predicted molar refractivity (Wildman–Crippen MR) is 51.4 cm³/mol. The fourth-order valence-electron chi connectivity index (χ4n) is 1.32. The van der Waals surface area contributed by atoms with Gasteiger partial charge in [0.1, 0.15) is 5.75 Å². The van der Waals surface area contributed by atoms with E-state index in [2.05, 4.69) is 4.98 Å². The molecule has 0 amide bonds. The van der Waals surface area contributed by atoms with Gasteiger partial charge in [0.15, 0.2) is 6.61 Å². The van der Waals surface area contributed by atoms with Crippen molar-refractivity contribution >= 4 is 16.9 Å². The topological polar surface area (TPSA) is 62.3 Å². The Labute approximate surface area is 80.1 Å². The molecule has 0 radical (unpaired) electrons. The van der Waals surface area contributed by atoms with Crippen LogP contribution in [-0.2, 0) is 4.79 Å². The number of nitrogens with one attached hydrogen (secondary N) is 1. The van der Waals surface area contributed by atoms with Crippen LogP contribution in [0.4, 0.5) is 0 Å². The van der Waals surface area contributed by atoms with Gasteiger partial charge in [0.2, 0.25) is 0 Å². The van der Waals surface area contributed by atoms with Crippen LogP contribution in [0.5, 0.6) is 5.75 Å². The molecular formula is C10H9NO3. The SMILES string of the molecule is O=C(O)COc1cccc2[nH]ccc12. The lowest BCUT2D eigenvalue weighted by atomic mass is 10.2. The van der Waals surface area contributed by atoms with Gasteiger partial charge in [0, 0.05) is 17.1 Å². The Kier molecular flexibility index (Phi) is 2.10. The molecule has 72 valence electrons. The largest absolute Gasteiger partial charge is 0.481 e. The van der Waals surface area contributed by atoms with Crippen molar-refractivity contribution in [2.45, 2.75) is 0 Å². The number of carboxylic acids is 1. The maximum Gasteiger partial charge on any atom is 0.341 e. The summed E-state index contributed by atoms with van der Waals surface area (Å²) in [6.07, 6.45) is 1.79. The van der Waals surface area contributed by atoms with Crippen LogP contribution in [0.3, 0.4) is 0 Å². The van der Waals surface area contributed by atoms with Crippen LogP contribution in [0.1, 0.15) is 0 Å². The van der Waals surface area contributed by atoms with Gasteiger partial charge in [0.05, 0.1) is 0 Å². The summed E-state index contributed by atoms with van der Waals surface area (Å²) in [6.45, 7) is -0.315. The molecule has 0 atom stereocenters. The van der Waals surface area contributed by atoms with Crippen molar-refractivity contribution in [1.82, 2.24) is 4.98 Å². The second-order valence-electron chi connectivity index (χ2n) is 2.88. The van der Waals surface area contributed by atoms with Crippen LogP contribution in [0.15, 0.2) is 30.5 Å². The monoisotopic (exact) mass is 191 g/mol. The number of hydrogen-bond donors (Lipinski definition) is 2. The van der Waals surface area contributed by atoms with Gasteiger partial charge in [0.25, 0.3) is 0 Å². The zero-order valence-electron chi connectivity index (χ0n) is 7.36. The summed E-state index contributed by atoms with van der Waals surface area (Å²) in [5, 5.41) is 9.36. The molecule has 4 heteroatoms. The number of aromatic amines is 1. The number of hydrogen-bond acceptors (Lipinski definition) is 2. The molecule has 0 saturated heterocycles. The van der Waals surface area contributed by atoms with Crippen LogP contribution < -0.4 is 4.74 Å². The van der Waals surface area contributed by atoms with Crippen molar-refractivity contribution in [3.8, 4) is 5.75 Å². The van der Waals surface area contributed by atoms with Crippen LogP contribution in [0.2, 0.25) is 0 Å². The minimum Gasteiger partial charge on any atom is -0.481 e. The lowest BCUT2D eigenvalue weighted by Crippen LogP contribution is -2.09. The number of carboxylic acid groups (broad SMARTS) is 1. The second kappa shape index (κ2) is 3.41. The van der Waals surface area contributed by atoms with E-state index in [1.807, 2.05) is 18.2 Å². The fourth-order valence-corrected chi connectivity index (χ4v) is 1.32. The van der Waals surface area contributed by atoms with Gasteiger partial charge >= 0.3 is 5.97 Å². The molecule has 0 unspecified atom stereocenters. The summed E-state index contributed by atoms with van der Waals surface area (Å²) in [4.78, 5) is 13.3. The van der Waals surface area contributed by atoms with Gasteiger partial charge in [-0.3, -0.25) is 0 Å². The molecule has 14 heavy (non-hydrogen) atoms. The van der Waals surface area contributed by atoms with Crippen molar-refractivity contribution in [3.63, 3.8) is 0 Å². The normalized spacial score (nSPS) is 10.3. The summed E-state index contributed by atoms with van der Waals surface area (Å²) < 4.78 is 5.12. The van der Waals surface area contributed by atoms with Crippen molar-refractivity contribution < 1.29 is 14.6 Å². The highest BCUT2D eigenvalue weighted by molar-refractivity contribution is 5.86. The molecule has 2 N–H and O–H groups in total. The molecule has 0 saturated carbocycles. The first-order valence-corrected chi connectivity index (χ1v) is 4.18. The third-order valence-corrected chi connectivity index (χ3v) is 1.91. The third kappa shape index (κ3) is 1.54. The summed E-state index contributed by atoms with van der Waals surface area (Å²) in [5.41, 5.74) is 0.938. The number of fused-ring (bicyclic) bond motifs is 1. The van der Waals surface area contributed by atoms with Gasteiger partial charge < -0.3 is 14.8 Å². The Morgan fingerprint density at radius 1 is 1.43 bits per heavy atom. The van der Waals surface area contributed by atoms with Crippen molar-refractivity contribution in [1.29, 1.82) is 0 Å². The first kappa shape index (κ1) is 8.62. The maximum atomic E-state index is 10.3. The molecule has 1 aromatic heterocycles. The summed E-state index contributed by atoms with van der Waals surface area (Å²) >= 11 is 0. The van der Waals surface area contributed by atoms with E-state index in [1.54, 1.807) is 12.3 Å². The molecule has 2 aromatic rings. The van der Waals surface area contributed by atoms with Crippen LogP contribution in [-0.4, -0.2) is 22.7 Å². The Balaban J connectivity index is 2.32. The van der Waals surface area contributed by atoms with E-state index in [-0.39, 0.29) is 6.61 Å². The second-order valence-corrected chi connectivity index (χ2v) is 2.88. The number of ether oxygens (including phenoxy) is 1. The maximum absolute atomic E-state index is 10.3. The van der Waals surface area contributed by atoms with Gasteiger partial charge in [-0.25, -0.2) is 4.79 Å². The van der Waals surface area contributed by atoms with Gasteiger partial charge in [-0.2, -0.15) is 0 Å². The lowest BCUT2D eigenvalue weighted by Gasteiger charge is -2.03. The smallest absolute Gasteiger partial charge is 0.341 e. The minimum absolute atomic E-state index is 0.315. The quantitative estimate of drug-likeness (QED) is 0.775. The standard InChI is InChI=1S/C10H9NO3/c12-10(13)6-14-9-3-1-2-8-7(9)4-5-11-8/h1-5,11H,6H2,(H,12,13). The molecule has 0 aliphatic carbocycles. The molecule has 4 nitrogen and oxygen atoms in total. The lowest BCUT2D eigenvalue weighted by molar-refractivity contribution is -0.139.